The monoisotopic (exact) mass is 341 g/mol. The van der Waals surface area contributed by atoms with E-state index in [0.29, 0.717) is 18.8 Å². The highest BCUT2D eigenvalue weighted by Crippen LogP contribution is 2.21. The molecule has 1 atom stereocenters. The van der Waals surface area contributed by atoms with Crippen LogP contribution in [0, 0.1) is 0 Å². The van der Waals surface area contributed by atoms with Crippen molar-refractivity contribution in [2.24, 2.45) is 4.99 Å². The minimum absolute atomic E-state index is 0.0613. The van der Waals surface area contributed by atoms with Crippen molar-refractivity contribution >= 4 is 22.8 Å². The molecule has 0 N–H and O–H groups in total. The van der Waals surface area contributed by atoms with E-state index in [9.17, 15) is 4.79 Å². The summed E-state index contributed by atoms with van der Waals surface area (Å²) >= 11 is 1.56. The van der Waals surface area contributed by atoms with Gasteiger partial charge in [-0.15, -0.1) is 0 Å². The lowest BCUT2D eigenvalue weighted by Gasteiger charge is -2.22. The summed E-state index contributed by atoms with van der Waals surface area (Å²) < 4.78 is 5.73. The Morgan fingerprint density at radius 1 is 1.29 bits per heavy atom. The molecule has 0 radical (unpaired) electrons. The quantitative estimate of drug-likeness (QED) is 0.839. The maximum Gasteiger partial charge on any atom is 0.269 e. The molecule has 0 bridgehead atoms. The lowest BCUT2D eigenvalue weighted by atomic mass is 10.3. The Morgan fingerprint density at radius 2 is 2.12 bits per heavy atom. The molecule has 0 aliphatic carbocycles. The van der Waals surface area contributed by atoms with E-state index in [0.717, 1.165) is 16.5 Å². The molecule has 2 aromatic rings. The average molecular weight is 341 g/mol. The first-order chi connectivity index (χ1) is 11.7. The standard InChI is InChI=1S/C18H19N3O2S/c1-14(23-16-7-3-2-4-8-16)17(22)21-11-10-20-18(21)24-13-15-6-5-9-19-12-15/h2-9,12,14H,10-11,13H2,1H3/t14-/m1/s1. The lowest BCUT2D eigenvalue weighted by Crippen LogP contribution is -2.41. The largest absolute Gasteiger partial charge is 0.481 e. The van der Waals surface area contributed by atoms with Crippen LogP contribution in [0.15, 0.2) is 59.9 Å². The molecule has 0 saturated heterocycles. The highest BCUT2D eigenvalue weighted by molar-refractivity contribution is 8.13. The first-order valence-corrected chi connectivity index (χ1v) is 8.82. The van der Waals surface area contributed by atoms with Crippen LogP contribution in [0.3, 0.4) is 0 Å². The zero-order chi connectivity index (χ0) is 16.8. The number of rotatable bonds is 5. The molecule has 1 amide bonds. The summed E-state index contributed by atoms with van der Waals surface area (Å²) in [6.45, 7) is 3.02. The Morgan fingerprint density at radius 3 is 2.88 bits per heavy atom. The minimum atomic E-state index is -0.547. The van der Waals surface area contributed by atoms with Crippen LogP contribution >= 0.6 is 11.8 Å². The lowest BCUT2D eigenvalue weighted by molar-refractivity contribution is -0.133. The van der Waals surface area contributed by atoms with Crippen molar-refractivity contribution in [1.29, 1.82) is 0 Å². The van der Waals surface area contributed by atoms with Crippen LogP contribution in [0.1, 0.15) is 12.5 Å². The van der Waals surface area contributed by atoms with Crippen molar-refractivity contribution in [2.75, 3.05) is 13.1 Å². The van der Waals surface area contributed by atoms with E-state index in [2.05, 4.69) is 9.98 Å². The predicted molar refractivity (Wildman–Crippen MR) is 96.1 cm³/mol. The number of carbonyl (C=O) groups excluding carboxylic acids is 1. The van der Waals surface area contributed by atoms with Gasteiger partial charge in [0, 0.05) is 24.7 Å². The molecule has 0 fully saturated rings. The number of aliphatic imine (C=N–C) groups is 1. The van der Waals surface area contributed by atoms with E-state index in [1.54, 1.807) is 29.8 Å². The minimum Gasteiger partial charge on any atom is -0.481 e. The van der Waals surface area contributed by atoms with Gasteiger partial charge in [0.05, 0.1) is 6.54 Å². The number of benzene rings is 1. The third-order valence-electron chi connectivity index (χ3n) is 3.56. The summed E-state index contributed by atoms with van der Waals surface area (Å²) in [6, 6.07) is 13.3. The molecule has 2 heterocycles. The van der Waals surface area contributed by atoms with Crippen LogP contribution in [-0.2, 0) is 10.5 Å². The van der Waals surface area contributed by atoms with Gasteiger partial charge in [0.25, 0.3) is 5.91 Å². The number of pyridine rings is 1. The molecule has 6 heteroatoms. The third kappa shape index (κ3) is 4.14. The molecule has 1 aliphatic rings. The average Bonchev–Trinajstić information content (AvgIpc) is 3.09. The van der Waals surface area contributed by atoms with Crippen LogP contribution < -0.4 is 4.74 Å². The highest BCUT2D eigenvalue weighted by Gasteiger charge is 2.29. The molecular weight excluding hydrogens is 322 g/mol. The van der Waals surface area contributed by atoms with Crippen molar-refractivity contribution in [3.05, 3.63) is 60.4 Å². The van der Waals surface area contributed by atoms with Crippen LogP contribution in [-0.4, -0.2) is 40.2 Å². The summed E-state index contributed by atoms with van der Waals surface area (Å²) in [5.41, 5.74) is 1.11. The fourth-order valence-corrected chi connectivity index (χ4v) is 3.35. The van der Waals surface area contributed by atoms with Gasteiger partial charge in [0.2, 0.25) is 0 Å². The maximum absolute atomic E-state index is 12.7. The summed E-state index contributed by atoms with van der Waals surface area (Å²) in [5, 5.41) is 0.757. The Kier molecular flexibility index (Phi) is 5.48. The molecule has 1 aromatic carbocycles. The van der Waals surface area contributed by atoms with Gasteiger partial charge in [-0.1, -0.05) is 36.0 Å². The molecule has 1 aliphatic heterocycles. The van der Waals surface area contributed by atoms with E-state index in [1.165, 1.54) is 0 Å². The van der Waals surface area contributed by atoms with Crippen molar-refractivity contribution < 1.29 is 9.53 Å². The zero-order valence-electron chi connectivity index (χ0n) is 13.5. The van der Waals surface area contributed by atoms with Crippen molar-refractivity contribution in [2.45, 2.75) is 18.8 Å². The Labute approximate surface area is 145 Å². The number of amidine groups is 1. The maximum atomic E-state index is 12.7. The van der Waals surface area contributed by atoms with E-state index in [4.69, 9.17) is 4.74 Å². The van der Waals surface area contributed by atoms with Crippen LogP contribution in [0.5, 0.6) is 5.75 Å². The molecule has 5 nitrogen and oxygen atoms in total. The Bertz CT molecular complexity index is 707. The molecule has 24 heavy (non-hydrogen) atoms. The SMILES string of the molecule is C[C@@H](Oc1ccccc1)C(=O)N1CCN=C1SCc1cccnc1. The fourth-order valence-electron chi connectivity index (χ4n) is 2.36. The van der Waals surface area contributed by atoms with E-state index >= 15 is 0 Å². The smallest absolute Gasteiger partial charge is 0.269 e. The molecule has 0 spiro atoms. The number of para-hydroxylation sites is 1. The van der Waals surface area contributed by atoms with Gasteiger partial charge in [0.15, 0.2) is 11.3 Å². The van der Waals surface area contributed by atoms with Gasteiger partial charge < -0.3 is 4.74 Å². The van der Waals surface area contributed by atoms with Crippen molar-refractivity contribution in [3.8, 4) is 5.75 Å². The molecule has 3 rings (SSSR count). The van der Waals surface area contributed by atoms with E-state index in [1.807, 2.05) is 48.7 Å². The summed E-state index contributed by atoms with van der Waals surface area (Å²) in [6.07, 6.45) is 3.03. The predicted octanol–water partition coefficient (Wildman–Crippen LogP) is 2.98. The third-order valence-corrected chi connectivity index (χ3v) is 4.65. The number of amides is 1. The zero-order valence-corrected chi connectivity index (χ0v) is 14.3. The first kappa shape index (κ1) is 16.5. The van der Waals surface area contributed by atoms with Gasteiger partial charge in [-0.2, -0.15) is 0 Å². The number of hydrogen-bond donors (Lipinski definition) is 0. The number of thioether (sulfide) groups is 1. The summed E-state index contributed by atoms with van der Waals surface area (Å²) in [5.74, 6) is 1.37. The molecular formula is C18H19N3O2S. The number of hydrogen-bond acceptors (Lipinski definition) is 5. The van der Waals surface area contributed by atoms with Crippen LogP contribution in [0.25, 0.3) is 0 Å². The second-order valence-electron chi connectivity index (χ2n) is 5.38. The Hall–Kier alpha value is -2.34. The molecule has 124 valence electrons. The van der Waals surface area contributed by atoms with Crippen LogP contribution in [0.4, 0.5) is 0 Å². The van der Waals surface area contributed by atoms with Gasteiger partial charge in [-0.05, 0) is 30.7 Å². The highest BCUT2D eigenvalue weighted by atomic mass is 32.2. The van der Waals surface area contributed by atoms with E-state index in [-0.39, 0.29) is 5.91 Å². The van der Waals surface area contributed by atoms with Gasteiger partial charge in [-0.25, -0.2) is 0 Å². The number of ether oxygens (including phenoxy) is 1. The first-order valence-electron chi connectivity index (χ1n) is 7.83. The molecule has 0 saturated carbocycles. The van der Waals surface area contributed by atoms with Crippen molar-refractivity contribution in [3.63, 3.8) is 0 Å². The van der Waals surface area contributed by atoms with E-state index < -0.39 is 6.10 Å². The van der Waals surface area contributed by atoms with Gasteiger partial charge >= 0.3 is 0 Å². The Balaban J connectivity index is 1.58. The molecule has 0 unspecified atom stereocenters. The topological polar surface area (TPSA) is 54.8 Å². The second kappa shape index (κ2) is 7.97. The van der Waals surface area contributed by atoms with Crippen LogP contribution in [0.2, 0.25) is 0 Å². The van der Waals surface area contributed by atoms with Crippen molar-refractivity contribution in [1.82, 2.24) is 9.88 Å². The number of nitrogens with zero attached hydrogens (tertiary/aromatic N) is 3. The van der Waals surface area contributed by atoms with Gasteiger partial charge in [0.1, 0.15) is 5.75 Å². The normalized spacial score (nSPS) is 15.0. The summed E-state index contributed by atoms with van der Waals surface area (Å²) in [7, 11) is 0. The second-order valence-corrected chi connectivity index (χ2v) is 6.32. The fraction of sp³-hybridized carbons (Fsp3) is 0.278. The number of aromatic nitrogens is 1. The number of carbonyl (C=O) groups is 1. The molecule has 1 aromatic heterocycles. The van der Waals surface area contributed by atoms with Gasteiger partial charge in [-0.3, -0.25) is 19.7 Å². The summed E-state index contributed by atoms with van der Waals surface area (Å²) in [4.78, 5) is 22.9.